The molecule has 0 heterocycles. The fraction of sp³-hybridized carbons (Fsp3) is 0.455. The lowest BCUT2D eigenvalue weighted by molar-refractivity contribution is -0.229. The summed E-state index contributed by atoms with van der Waals surface area (Å²) in [7, 11) is 0. The van der Waals surface area contributed by atoms with Gasteiger partial charge < -0.3 is 30.6 Å². The van der Waals surface area contributed by atoms with Gasteiger partial charge in [-0.2, -0.15) is 0 Å². The molecule has 6 nitrogen and oxygen atoms in total. The Balaban J connectivity index is 2.41. The zero-order valence-corrected chi connectivity index (χ0v) is 16.0. The molecule has 0 aliphatic carbocycles. The Morgan fingerprint density at radius 1 is 0.786 bits per heavy atom. The molecule has 0 aliphatic rings. The van der Waals surface area contributed by atoms with Crippen LogP contribution in [0.25, 0.3) is 0 Å². The van der Waals surface area contributed by atoms with Gasteiger partial charge in [-0.15, -0.1) is 0 Å². The second-order valence-corrected chi connectivity index (χ2v) is 7.37. The molecular formula is C22H30O6. The Morgan fingerprint density at radius 3 is 1.68 bits per heavy atom. The zero-order chi connectivity index (χ0) is 20.8. The number of benzene rings is 2. The highest BCUT2D eigenvalue weighted by Crippen LogP contribution is 2.34. The van der Waals surface area contributed by atoms with E-state index in [1.165, 1.54) is 0 Å². The fourth-order valence-corrected chi connectivity index (χ4v) is 3.55. The van der Waals surface area contributed by atoms with Gasteiger partial charge in [0, 0.05) is 12.8 Å². The van der Waals surface area contributed by atoms with Gasteiger partial charge in [-0.25, -0.2) is 0 Å². The summed E-state index contributed by atoms with van der Waals surface area (Å²) in [5.74, 6) is 0. The number of rotatable bonds is 10. The average Bonchev–Trinajstić information content (AvgIpc) is 2.73. The van der Waals surface area contributed by atoms with Gasteiger partial charge in [0.2, 0.25) is 0 Å². The SMILES string of the molecule is CCC(O)(Cc1ccccc1)[C@@H](O)[C@@](O)(Cc1ccccc1)[C@H](O)[C@@H](O)CO. The summed E-state index contributed by atoms with van der Waals surface area (Å²) in [5, 5.41) is 63.4. The molecule has 0 amide bonds. The van der Waals surface area contributed by atoms with E-state index in [0.717, 1.165) is 5.56 Å². The Bertz CT molecular complexity index is 709. The summed E-state index contributed by atoms with van der Waals surface area (Å²) in [6, 6.07) is 17.7. The summed E-state index contributed by atoms with van der Waals surface area (Å²) in [6.07, 6.45) is -5.42. The molecule has 1 unspecified atom stereocenters. The van der Waals surface area contributed by atoms with E-state index < -0.39 is 36.1 Å². The fourth-order valence-electron chi connectivity index (χ4n) is 3.55. The van der Waals surface area contributed by atoms with Gasteiger partial charge in [0.05, 0.1) is 12.2 Å². The molecule has 0 spiro atoms. The predicted octanol–water partition coefficient (Wildman–Crippen LogP) is 0.419. The average molecular weight is 390 g/mol. The maximum Gasteiger partial charge on any atom is 0.126 e. The maximum atomic E-state index is 11.3. The smallest absolute Gasteiger partial charge is 0.126 e. The first-order valence-corrected chi connectivity index (χ1v) is 9.44. The van der Waals surface area contributed by atoms with Crippen molar-refractivity contribution in [3.8, 4) is 0 Å². The lowest BCUT2D eigenvalue weighted by Crippen LogP contribution is -2.66. The van der Waals surface area contributed by atoms with Crippen molar-refractivity contribution in [2.24, 2.45) is 0 Å². The second-order valence-electron chi connectivity index (χ2n) is 7.37. The topological polar surface area (TPSA) is 121 Å². The monoisotopic (exact) mass is 390 g/mol. The Labute approximate surface area is 165 Å². The van der Waals surface area contributed by atoms with Crippen LogP contribution in [0.1, 0.15) is 24.5 Å². The van der Waals surface area contributed by atoms with Crippen LogP contribution in [0.15, 0.2) is 60.7 Å². The molecule has 5 atom stereocenters. The molecule has 0 bridgehead atoms. The molecule has 28 heavy (non-hydrogen) atoms. The molecule has 0 saturated carbocycles. The lowest BCUT2D eigenvalue weighted by atomic mass is 9.72. The third-order valence-corrected chi connectivity index (χ3v) is 5.34. The van der Waals surface area contributed by atoms with E-state index in [0.29, 0.717) is 5.56 Å². The molecule has 2 rings (SSSR count). The van der Waals surface area contributed by atoms with Gasteiger partial charge in [-0.1, -0.05) is 67.6 Å². The van der Waals surface area contributed by atoms with Crippen molar-refractivity contribution >= 4 is 0 Å². The summed E-state index contributed by atoms with van der Waals surface area (Å²) < 4.78 is 0. The van der Waals surface area contributed by atoms with Crippen LogP contribution >= 0.6 is 0 Å². The summed E-state index contributed by atoms with van der Waals surface area (Å²) in [6.45, 7) is 0.873. The summed E-state index contributed by atoms with van der Waals surface area (Å²) in [5.41, 5.74) is -2.69. The van der Waals surface area contributed by atoms with Crippen molar-refractivity contribution in [3.05, 3.63) is 71.8 Å². The van der Waals surface area contributed by atoms with Crippen molar-refractivity contribution in [1.82, 2.24) is 0 Å². The Hall–Kier alpha value is -1.80. The van der Waals surface area contributed by atoms with E-state index in [1.807, 2.05) is 6.07 Å². The maximum absolute atomic E-state index is 11.3. The number of hydrogen-bond donors (Lipinski definition) is 6. The van der Waals surface area contributed by atoms with Crippen LogP contribution < -0.4 is 0 Å². The van der Waals surface area contributed by atoms with Crippen molar-refractivity contribution in [1.29, 1.82) is 0 Å². The first-order chi connectivity index (χ1) is 13.3. The minimum Gasteiger partial charge on any atom is -0.394 e. The molecule has 0 saturated heterocycles. The number of aliphatic hydroxyl groups excluding tert-OH is 4. The largest absolute Gasteiger partial charge is 0.394 e. The van der Waals surface area contributed by atoms with E-state index in [4.69, 9.17) is 0 Å². The van der Waals surface area contributed by atoms with Gasteiger partial charge in [0.1, 0.15) is 23.9 Å². The van der Waals surface area contributed by atoms with E-state index >= 15 is 0 Å². The van der Waals surface area contributed by atoms with Crippen molar-refractivity contribution < 1.29 is 30.6 Å². The van der Waals surface area contributed by atoms with Gasteiger partial charge in [-0.05, 0) is 17.5 Å². The molecule has 154 valence electrons. The quantitative estimate of drug-likeness (QED) is 0.350. The highest BCUT2D eigenvalue weighted by atomic mass is 16.4. The van der Waals surface area contributed by atoms with Crippen molar-refractivity contribution in [2.75, 3.05) is 6.61 Å². The molecule has 0 radical (unpaired) electrons. The molecule has 2 aromatic carbocycles. The van der Waals surface area contributed by atoms with E-state index in [-0.39, 0.29) is 19.3 Å². The van der Waals surface area contributed by atoms with E-state index in [9.17, 15) is 30.6 Å². The van der Waals surface area contributed by atoms with Crippen LogP contribution in [0.2, 0.25) is 0 Å². The molecule has 2 aromatic rings. The van der Waals surface area contributed by atoms with Gasteiger partial charge in [0.15, 0.2) is 0 Å². The Morgan fingerprint density at radius 2 is 1.25 bits per heavy atom. The third-order valence-electron chi connectivity index (χ3n) is 5.34. The van der Waals surface area contributed by atoms with E-state index in [2.05, 4.69) is 0 Å². The predicted molar refractivity (Wildman–Crippen MR) is 106 cm³/mol. The highest BCUT2D eigenvalue weighted by Gasteiger charge is 2.53. The van der Waals surface area contributed by atoms with Crippen LogP contribution in [0.5, 0.6) is 0 Å². The van der Waals surface area contributed by atoms with Crippen LogP contribution in [0, 0.1) is 0 Å². The second kappa shape index (κ2) is 9.60. The highest BCUT2D eigenvalue weighted by molar-refractivity contribution is 5.23. The molecule has 6 heteroatoms. The molecular weight excluding hydrogens is 360 g/mol. The van der Waals surface area contributed by atoms with Gasteiger partial charge >= 0.3 is 0 Å². The van der Waals surface area contributed by atoms with Gasteiger partial charge in [-0.3, -0.25) is 0 Å². The van der Waals surface area contributed by atoms with Crippen molar-refractivity contribution in [3.63, 3.8) is 0 Å². The molecule has 0 aromatic heterocycles. The number of hydrogen-bond acceptors (Lipinski definition) is 6. The van der Waals surface area contributed by atoms with Gasteiger partial charge in [0.25, 0.3) is 0 Å². The standard InChI is InChI=1S/C22H30O6/c1-2-21(27,13-16-9-5-3-6-10-16)20(26)22(28,19(25)18(24)15-23)14-17-11-7-4-8-12-17/h3-12,18-20,23-28H,2,13-15H2,1H3/t18-,19+,20+,21?,22+/m0/s1. The normalized spacial score (nSPS) is 19.2. The molecule has 0 aliphatic heterocycles. The minimum atomic E-state index is -2.29. The summed E-state index contributed by atoms with van der Waals surface area (Å²) >= 11 is 0. The minimum absolute atomic E-state index is 0.0462. The first kappa shape index (κ1) is 22.5. The van der Waals surface area contributed by atoms with E-state index in [1.54, 1.807) is 61.5 Å². The third kappa shape index (κ3) is 4.97. The number of aliphatic hydroxyl groups is 6. The lowest BCUT2D eigenvalue weighted by Gasteiger charge is -2.45. The van der Waals surface area contributed by atoms with Crippen LogP contribution in [0.3, 0.4) is 0 Å². The molecule has 0 fully saturated rings. The molecule has 6 N–H and O–H groups in total. The van der Waals surface area contributed by atoms with Crippen LogP contribution in [-0.4, -0.2) is 66.8 Å². The van der Waals surface area contributed by atoms with Crippen LogP contribution in [-0.2, 0) is 12.8 Å². The first-order valence-electron chi connectivity index (χ1n) is 9.44. The Kier molecular flexibility index (Phi) is 7.71. The zero-order valence-electron chi connectivity index (χ0n) is 16.0. The van der Waals surface area contributed by atoms with Crippen molar-refractivity contribution in [2.45, 2.75) is 55.7 Å². The summed E-state index contributed by atoms with van der Waals surface area (Å²) in [4.78, 5) is 0. The van der Waals surface area contributed by atoms with Crippen LogP contribution in [0.4, 0.5) is 0 Å².